The van der Waals surface area contributed by atoms with Gasteiger partial charge in [0.1, 0.15) is 23.4 Å². The number of methoxy groups -OCH3 is 1. The molecule has 142 valence electrons. The molecule has 2 unspecified atom stereocenters. The number of carbonyl (C=O) groups is 1. The van der Waals surface area contributed by atoms with Crippen LogP contribution >= 0.6 is 0 Å². The Bertz CT molecular complexity index is 877. The van der Waals surface area contributed by atoms with Gasteiger partial charge in [-0.25, -0.2) is 0 Å². The van der Waals surface area contributed by atoms with Crippen LogP contribution in [-0.2, 0) is 0 Å². The van der Waals surface area contributed by atoms with Crippen molar-refractivity contribution in [2.75, 3.05) is 7.11 Å². The van der Waals surface area contributed by atoms with Gasteiger partial charge in [0.2, 0.25) is 0 Å². The fourth-order valence-corrected chi connectivity index (χ4v) is 3.08. The van der Waals surface area contributed by atoms with E-state index in [2.05, 4.69) is 0 Å². The van der Waals surface area contributed by atoms with Gasteiger partial charge in [-0.15, -0.1) is 0 Å². The summed E-state index contributed by atoms with van der Waals surface area (Å²) in [5, 5.41) is 30.2. The molecule has 1 heterocycles. The van der Waals surface area contributed by atoms with Gasteiger partial charge in [0.25, 0.3) is 0 Å². The van der Waals surface area contributed by atoms with Gasteiger partial charge in [-0.1, -0.05) is 18.2 Å². The SMILES string of the molecule is COc1ccc(C(=O)C=Cc2ccc(O)cc2)c2c1C(O)C(C(C)(C)O)O2. The highest BCUT2D eigenvalue weighted by Crippen LogP contribution is 2.47. The molecule has 0 aliphatic carbocycles. The van der Waals surface area contributed by atoms with Crippen LogP contribution in [0.1, 0.15) is 41.4 Å². The molecule has 2 atom stereocenters. The Balaban J connectivity index is 1.96. The first-order valence-corrected chi connectivity index (χ1v) is 8.52. The third-order valence-corrected chi connectivity index (χ3v) is 4.49. The highest BCUT2D eigenvalue weighted by molar-refractivity contribution is 6.09. The van der Waals surface area contributed by atoms with E-state index in [4.69, 9.17) is 9.47 Å². The summed E-state index contributed by atoms with van der Waals surface area (Å²) in [4.78, 5) is 12.7. The number of aliphatic hydroxyl groups excluding tert-OH is 1. The predicted octanol–water partition coefficient (Wildman–Crippen LogP) is 2.86. The minimum Gasteiger partial charge on any atom is -0.508 e. The molecule has 6 heteroatoms. The van der Waals surface area contributed by atoms with Crippen LogP contribution < -0.4 is 9.47 Å². The molecule has 0 aromatic heterocycles. The Morgan fingerprint density at radius 3 is 2.44 bits per heavy atom. The number of phenolic OH excluding ortho intramolecular Hbond substituents is 1. The summed E-state index contributed by atoms with van der Waals surface area (Å²) in [6.45, 7) is 3.07. The third-order valence-electron chi connectivity index (χ3n) is 4.49. The zero-order chi connectivity index (χ0) is 19.8. The van der Waals surface area contributed by atoms with Crippen LogP contribution in [0.25, 0.3) is 6.08 Å². The van der Waals surface area contributed by atoms with Gasteiger partial charge in [-0.3, -0.25) is 4.79 Å². The lowest BCUT2D eigenvalue weighted by Crippen LogP contribution is -2.41. The van der Waals surface area contributed by atoms with Crippen molar-refractivity contribution in [3.05, 3.63) is 59.2 Å². The molecule has 0 bridgehead atoms. The molecule has 0 radical (unpaired) electrons. The maximum absolute atomic E-state index is 12.7. The van der Waals surface area contributed by atoms with Crippen molar-refractivity contribution in [1.29, 1.82) is 0 Å². The summed E-state index contributed by atoms with van der Waals surface area (Å²) in [5.74, 6) is 0.440. The molecular weight excluding hydrogens is 348 g/mol. The number of carbonyl (C=O) groups excluding carboxylic acids is 1. The predicted molar refractivity (Wildman–Crippen MR) is 100 cm³/mol. The monoisotopic (exact) mass is 370 g/mol. The molecule has 3 rings (SSSR count). The minimum atomic E-state index is -1.31. The summed E-state index contributed by atoms with van der Waals surface area (Å²) in [6.07, 6.45) is 0.971. The van der Waals surface area contributed by atoms with Gasteiger partial charge in [-0.2, -0.15) is 0 Å². The average Bonchev–Trinajstić information content (AvgIpc) is 2.98. The van der Waals surface area contributed by atoms with E-state index in [9.17, 15) is 20.1 Å². The van der Waals surface area contributed by atoms with Crippen molar-refractivity contribution in [3.8, 4) is 17.2 Å². The van der Waals surface area contributed by atoms with Crippen molar-refractivity contribution in [1.82, 2.24) is 0 Å². The molecule has 0 spiro atoms. The van der Waals surface area contributed by atoms with E-state index in [1.807, 2.05) is 0 Å². The van der Waals surface area contributed by atoms with Crippen LogP contribution in [0.15, 0.2) is 42.5 Å². The number of fused-ring (bicyclic) bond motifs is 1. The minimum absolute atomic E-state index is 0.145. The lowest BCUT2D eigenvalue weighted by molar-refractivity contribution is -0.0765. The molecule has 0 amide bonds. The molecule has 0 saturated carbocycles. The number of ketones is 1. The smallest absolute Gasteiger partial charge is 0.189 e. The van der Waals surface area contributed by atoms with E-state index in [0.29, 0.717) is 11.3 Å². The van der Waals surface area contributed by atoms with Gasteiger partial charge in [-0.05, 0) is 49.8 Å². The molecule has 27 heavy (non-hydrogen) atoms. The highest BCUT2D eigenvalue weighted by Gasteiger charge is 2.45. The summed E-state index contributed by atoms with van der Waals surface area (Å²) >= 11 is 0. The molecule has 1 aliphatic rings. The second kappa shape index (κ2) is 7.06. The maximum Gasteiger partial charge on any atom is 0.189 e. The lowest BCUT2D eigenvalue weighted by atomic mass is 9.93. The Morgan fingerprint density at radius 1 is 1.19 bits per heavy atom. The van der Waals surface area contributed by atoms with Gasteiger partial charge in [0, 0.05) is 0 Å². The summed E-state index contributed by atoms with van der Waals surface area (Å²) in [5.41, 5.74) is 0.0628. The second-order valence-electron chi connectivity index (χ2n) is 6.98. The lowest BCUT2D eigenvalue weighted by Gasteiger charge is -2.27. The molecule has 6 nitrogen and oxygen atoms in total. The first-order chi connectivity index (χ1) is 12.7. The standard InChI is InChI=1S/C21H22O6/c1-21(2,25)20-18(24)17-16(26-3)11-9-14(19(17)27-20)15(23)10-6-12-4-7-13(22)8-5-12/h4-11,18,20,22,24-25H,1-3H3. The quantitative estimate of drug-likeness (QED) is 0.553. The van der Waals surface area contributed by atoms with E-state index >= 15 is 0 Å². The van der Waals surface area contributed by atoms with Crippen LogP contribution in [-0.4, -0.2) is 39.9 Å². The van der Waals surface area contributed by atoms with Gasteiger partial charge in [0.05, 0.1) is 23.8 Å². The Morgan fingerprint density at radius 2 is 1.85 bits per heavy atom. The largest absolute Gasteiger partial charge is 0.508 e. The van der Waals surface area contributed by atoms with Crippen LogP contribution in [0.5, 0.6) is 17.2 Å². The number of phenols is 1. The van der Waals surface area contributed by atoms with E-state index in [1.54, 1.807) is 30.3 Å². The number of allylic oxidation sites excluding steroid dienone is 1. The molecular formula is C21H22O6. The second-order valence-corrected chi connectivity index (χ2v) is 6.98. The summed E-state index contributed by atoms with van der Waals surface area (Å²) in [6, 6.07) is 9.59. The number of rotatable bonds is 5. The van der Waals surface area contributed by atoms with Gasteiger partial charge >= 0.3 is 0 Å². The fraction of sp³-hybridized carbons (Fsp3) is 0.286. The topological polar surface area (TPSA) is 96.2 Å². The number of hydrogen-bond acceptors (Lipinski definition) is 6. The van der Waals surface area contributed by atoms with Crippen molar-refractivity contribution in [2.45, 2.75) is 31.7 Å². The molecule has 2 aromatic rings. The highest BCUT2D eigenvalue weighted by atomic mass is 16.5. The molecule has 1 aliphatic heterocycles. The normalized spacial score (nSPS) is 19.0. The number of ether oxygens (including phenoxy) is 2. The van der Waals surface area contributed by atoms with Crippen LogP contribution in [0.3, 0.4) is 0 Å². The van der Waals surface area contributed by atoms with Gasteiger partial charge < -0.3 is 24.8 Å². The van der Waals surface area contributed by atoms with Crippen molar-refractivity contribution < 1.29 is 29.6 Å². The van der Waals surface area contributed by atoms with Crippen LogP contribution in [0.4, 0.5) is 0 Å². The van der Waals surface area contributed by atoms with Crippen molar-refractivity contribution >= 4 is 11.9 Å². The van der Waals surface area contributed by atoms with E-state index in [0.717, 1.165) is 5.56 Å². The Labute approximate surface area is 157 Å². The van der Waals surface area contributed by atoms with E-state index in [1.165, 1.54) is 39.2 Å². The van der Waals surface area contributed by atoms with Crippen LogP contribution in [0.2, 0.25) is 0 Å². The summed E-state index contributed by atoms with van der Waals surface area (Å²) < 4.78 is 11.1. The Hall–Kier alpha value is -2.83. The summed E-state index contributed by atoms with van der Waals surface area (Å²) in [7, 11) is 1.46. The van der Waals surface area contributed by atoms with E-state index in [-0.39, 0.29) is 22.8 Å². The number of hydrogen-bond donors (Lipinski definition) is 3. The molecule has 3 N–H and O–H groups in total. The molecule has 0 fully saturated rings. The number of aromatic hydroxyl groups is 1. The first kappa shape index (κ1) is 18.9. The molecule has 0 saturated heterocycles. The molecule has 2 aromatic carbocycles. The Kier molecular flexibility index (Phi) is 4.95. The third kappa shape index (κ3) is 3.67. The van der Waals surface area contributed by atoms with Crippen molar-refractivity contribution in [2.24, 2.45) is 0 Å². The fourth-order valence-electron chi connectivity index (χ4n) is 3.08. The average molecular weight is 370 g/mol. The zero-order valence-electron chi connectivity index (χ0n) is 15.3. The van der Waals surface area contributed by atoms with Crippen LogP contribution in [0, 0.1) is 0 Å². The van der Waals surface area contributed by atoms with Crippen molar-refractivity contribution in [3.63, 3.8) is 0 Å². The maximum atomic E-state index is 12.7. The number of benzene rings is 2. The number of aliphatic hydroxyl groups is 2. The zero-order valence-corrected chi connectivity index (χ0v) is 15.3. The van der Waals surface area contributed by atoms with Gasteiger partial charge in [0.15, 0.2) is 11.9 Å². The van der Waals surface area contributed by atoms with E-state index < -0.39 is 17.8 Å². The first-order valence-electron chi connectivity index (χ1n) is 8.52.